The van der Waals surface area contributed by atoms with Crippen LogP contribution in [0.15, 0.2) is 66.7 Å². The van der Waals surface area contributed by atoms with Gasteiger partial charge < -0.3 is 0 Å². The molecule has 0 bridgehead atoms. The summed E-state index contributed by atoms with van der Waals surface area (Å²) >= 11 is -0.710. The molecule has 0 atom stereocenters. The van der Waals surface area contributed by atoms with Crippen molar-refractivity contribution in [3.8, 4) is 45.3 Å². The Hall–Kier alpha value is -4.80. The fourth-order valence-corrected chi connectivity index (χ4v) is 8.34. The van der Waals surface area contributed by atoms with E-state index in [1.807, 2.05) is 36.4 Å². The molecule has 0 spiro atoms. The molecular weight excluding hydrogens is 756 g/mol. The fraction of sp³-hybridized carbons (Fsp3) is 0. The summed E-state index contributed by atoms with van der Waals surface area (Å²) < 4.78 is 146. The quantitative estimate of drug-likeness (QED) is 0.0777. The fourth-order valence-electron chi connectivity index (χ4n) is 5.07. The van der Waals surface area contributed by atoms with Crippen LogP contribution in [0.5, 0.6) is 0 Å². The van der Waals surface area contributed by atoms with Gasteiger partial charge in [0.25, 0.3) is 0 Å². The van der Waals surface area contributed by atoms with Crippen molar-refractivity contribution in [2.45, 2.75) is 0 Å². The zero-order chi connectivity index (χ0) is 33.3. The van der Waals surface area contributed by atoms with Crippen molar-refractivity contribution in [1.82, 2.24) is 15.0 Å². The van der Waals surface area contributed by atoms with Crippen LogP contribution in [0, 0.1) is 58.2 Å². The Bertz CT molecular complexity index is 2300. The first-order chi connectivity index (χ1) is 22.5. The molecule has 0 fully saturated rings. The third-order valence-corrected chi connectivity index (χ3v) is 10.6. The van der Waals surface area contributed by atoms with Crippen LogP contribution < -0.4 is 0 Å². The van der Waals surface area contributed by atoms with Crippen LogP contribution in [0.25, 0.3) is 62.9 Å². The summed E-state index contributed by atoms with van der Waals surface area (Å²) in [7, 11) is 0. The predicted molar refractivity (Wildman–Crippen MR) is 153 cm³/mol. The average Bonchev–Trinajstić information content (AvgIpc) is 3.46. The predicted octanol–water partition coefficient (Wildman–Crippen LogP) is 9.29. The Morgan fingerprint density at radius 2 is 0.809 bits per heavy atom. The molecule has 47 heavy (non-hydrogen) atoms. The van der Waals surface area contributed by atoms with E-state index >= 15 is 0 Å². The van der Waals surface area contributed by atoms with Crippen LogP contribution in [0.1, 0.15) is 0 Å². The van der Waals surface area contributed by atoms with Crippen molar-refractivity contribution in [2.75, 3.05) is 0 Å². The van der Waals surface area contributed by atoms with E-state index in [1.54, 1.807) is 6.07 Å². The van der Waals surface area contributed by atoms with E-state index in [0.29, 0.717) is 5.56 Å². The van der Waals surface area contributed by atoms with Gasteiger partial charge in [-0.15, -0.1) is 0 Å². The van der Waals surface area contributed by atoms with E-state index in [9.17, 15) is 43.9 Å². The van der Waals surface area contributed by atoms with Gasteiger partial charge in [0.1, 0.15) is 0 Å². The van der Waals surface area contributed by atoms with Crippen molar-refractivity contribution in [1.29, 1.82) is 0 Å². The van der Waals surface area contributed by atoms with E-state index in [4.69, 9.17) is 0 Å². The monoisotopic (exact) mass is 769 g/mol. The van der Waals surface area contributed by atoms with Crippen molar-refractivity contribution < 1.29 is 43.9 Å². The van der Waals surface area contributed by atoms with Crippen molar-refractivity contribution >= 4 is 38.0 Å². The van der Waals surface area contributed by atoms with Crippen LogP contribution in [0.2, 0.25) is 0 Å². The summed E-state index contributed by atoms with van der Waals surface area (Å²) in [5, 5.41) is 2.22. The molecule has 2 heterocycles. The number of hydrogen-bond acceptors (Lipinski definition) is 3. The molecule has 0 aliphatic rings. The molecule has 0 amide bonds. The molecule has 0 N–H and O–H groups in total. The number of aromatic nitrogens is 3. The maximum atomic E-state index is 14.9. The molecule has 0 radical (unpaired) electrons. The average molecular weight is 767 g/mol. The Morgan fingerprint density at radius 3 is 1.38 bits per heavy atom. The van der Waals surface area contributed by atoms with E-state index in [2.05, 4.69) is 21.0 Å². The Kier molecular flexibility index (Phi) is 7.52. The summed E-state index contributed by atoms with van der Waals surface area (Å²) in [6, 6.07) is 19.7. The summed E-state index contributed by atoms with van der Waals surface area (Å²) in [6.07, 6.45) is 0. The molecular formula is C33H11F10N3Te. The molecule has 14 heteroatoms. The number of fused-ring (bicyclic) bond motifs is 3. The number of hydrogen-bond donors (Lipinski definition) is 0. The standard InChI is InChI=1S/C33H11F10N3Te/c34-21-19(22(35)26(39)29(42)25(21)38)32-44-31(45-33(46-32)20-23(36)27(40)30(43)28(41)24(20)37)14-5-3-4-12(10-14)13-8-9-16-15-6-1-2-7-17(15)47-18(16)11-13/h1-11H. The van der Waals surface area contributed by atoms with Gasteiger partial charge in [-0.2, -0.15) is 0 Å². The first-order valence-corrected chi connectivity index (χ1v) is 15.6. The van der Waals surface area contributed by atoms with Crippen LogP contribution in [0.3, 0.4) is 0 Å². The molecule has 2 aromatic heterocycles. The molecule has 7 rings (SSSR count). The second kappa shape index (κ2) is 11.5. The van der Waals surface area contributed by atoms with Crippen LogP contribution in [0.4, 0.5) is 43.9 Å². The van der Waals surface area contributed by atoms with Gasteiger partial charge in [0.05, 0.1) is 0 Å². The van der Waals surface area contributed by atoms with Gasteiger partial charge >= 0.3 is 229 Å². The third-order valence-electron chi connectivity index (χ3n) is 7.34. The second-order valence-electron chi connectivity index (χ2n) is 10.1. The summed E-state index contributed by atoms with van der Waals surface area (Å²) in [4.78, 5) is 11.0. The molecule has 5 aromatic carbocycles. The zero-order valence-corrected chi connectivity index (χ0v) is 25.2. The third kappa shape index (κ3) is 4.94. The van der Waals surface area contributed by atoms with Gasteiger partial charge in [-0.25, -0.2) is 26.3 Å². The zero-order valence-electron chi connectivity index (χ0n) is 22.9. The molecule has 0 saturated carbocycles. The molecule has 0 saturated heterocycles. The van der Waals surface area contributed by atoms with Crippen molar-refractivity contribution in [2.24, 2.45) is 0 Å². The smallest absolute Gasteiger partial charge is 0.200 e. The van der Waals surface area contributed by atoms with Gasteiger partial charge in [0, 0.05) is 0 Å². The maximum absolute atomic E-state index is 14.9. The van der Waals surface area contributed by atoms with Crippen LogP contribution in [-0.4, -0.2) is 35.4 Å². The Balaban J connectivity index is 1.46. The van der Waals surface area contributed by atoms with Gasteiger partial charge in [0.2, 0.25) is 11.6 Å². The summed E-state index contributed by atoms with van der Waals surface area (Å²) in [5.74, 6) is -27.5. The number of benzene rings is 5. The van der Waals surface area contributed by atoms with E-state index in [0.717, 1.165) is 19.7 Å². The molecule has 3 nitrogen and oxygen atoms in total. The Morgan fingerprint density at radius 1 is 0.362 bits per heavy atom. The van der Waals surface area contributed by atoms with Gasteiger partial charge in [-0.05, 0) is 0 Å². The van der Waals surface area contributed by atoms with Crippen LogP contribution in [-0.2, 0) is 0 Å². The SMILES string of the molecule is Fc1c(F)c(F)c(-c2nc(-c3cccc(-c4ccc5c(c4)[te]c4ccccc45)c3)nc(-c3c(F)c(F)c(F)c(F)c3F)n2)c(F)c1F. The van der Waals surface area contributed by atoms with Crippen molar-refractivity contribution in [3.63, 3.8) is 0 Å². The first kappa shape index (κ1) is 30.8. The first-order valence-electron chi connectivity index (χ1n) is 13.3. The van der Waals surface area contributed by atoms with E-state index in [1.165, 1.54) is 21.6 Å². The molecule has 0 aliphatic carbocycles. The number of rotatable bonds is 4. The molecule has 7 aromatic rings. The molecule has 0 aliphatic heterocycles. The second-order valence-corrected chi connectivity index (χ2v) is 13.2. The van der Waals surface area contributed by atoms with Crippen LogP contribution >= 0.6 is 0 Å². The topological polar surface area (TPSA) is 38.7 Å². The van der Waals surface area contributed by atoms with Gasteiger partial charge in [-0.1, -0.05) is 0 Å². The minimum absolute atomic E-state index is 0.0135. The minimum Gasteiger partial charge on any atom is -0.200 e. The van der Waals surface area contributed by atoms with E-state index < -0.39 is 107 Å². The normalized spacial score (nSPS) is 11.6. The number of nitrogens with zero attached hydrogens (tertiary/aromatic N) is 3. The van der Waals surface area contributed by atoms with Gasteiger partial charge in [0.15, 0.2) is 0 Å². The summed E-state index contributed by atoms with van der Waals surface area (Å²) in [6.45, 7) is 0. The van der Waals surface area contributed by atoms with Crippen molar-refractivity contribution in [3.05, 3.63) is 125 Å². The molecule has 234 valence electrons. The van der Waals surface area contributed by atoms with E-state index in [-0.39, 0.29) is 5.56 Å². The number of halogens is 10. The molecule has 0 unspecified atom stereocenters. The summed E-state index contributed by atoms with van der Waals surface area (Å²) in [5.41, 5.74) is -2.18. The minimum atomic E-state index is -2.51. The van der Waals surface area contributed by atoms with Gasteiger partial charge in [-0.3, -0.25) is 0 Å². The Labute approximate surface area is 266 Å².